The van der Waals surface area contributed by atoms with Gasteiger partial charge in [-0.1, -0.05) is 59.6 Å². The van der Waals surface area contributed by atoms with Crippen LogP contribution in [0, 0.1) is 20.8 Å². The molecule has 0 saturated carbocycles. The third-order valence-corrected chi connectivity index (χ3v) is 9.48. The number of carboxylic acids is 1. The number of rotatable bonds is 14. The molecule has 2 heterocycles. The number of nitrogens with one attached hydrogen (secondary N) is 3. The van der Waals surface area contributed by atoms with E-state index in [1.807, 2.05) is 37.3 Å². The lowest BCUT2D eigenvalue weighted by atomic mass is 10.1. The van der Waals surface area contributed by atoms with E-state index in [1.54, 1.807) is 38.1 Å². The predicted octanol–water partition coefficient (Wildman–Crippen LogP) is 3.42. The van der Waals surface area contributed by atoms with Crippen LogP contribution in [0.5, 0.6) is 0 Å². The first-order chi connectivity index (χ1) is 22.3. The molecule has 0 bridgehead atoms. The Morgan fingerprint density at radius 3 is 2.43 bits per heavy atom. The zero-order chi connectivity index (χ0) is 34.1. The number of nitrogens with zero attached hydrogens (tertiary/aromatic N) is 2. The van der Waals surface area contributed by atoms with Gasteiger partial charge in [0, 0.05) is 19.3 Å². The Bertz CT molecular complexity index is 1650. The SMILES string of the molecule is Cc1cc(C)c(S(=O)(=O)NC(CNC(=O)COC2CC(CNc3ccc(Cl)cn3)N(C(=O)OCc3ccccc3)C2)C(=O)O)c(C)c1. The van der Waals surface area contributed by atoms with Gasteiger partial charge in [-0.25, -0.2) is 18.2 Å². The maximum absolute atomic E-state index is 13.1. The minimum absolute atomic E-state index is 0.00650. The van der Waals surface area contributed by atoms with E-state index in [-0.39, 0.29) is 24.1 Å². The van der Waals surface area contributed by atoms with Crippen LogP contribution in [0.3, 0.4) is 0 Å². The first-order valence-corrected chi connectivity index (χ1v) is 16.7. The molecule has 4 N–H and O–H groups in total. The summed E-state index contributed by atoms with van der Waals surface area (Å²) in [6, 6.07) is 14.0. The summed E-state index contributed by atoms with van der Waals surface area (Å²) >= 11 is 5.92. The van der Waals surface area contributed by atoms with Crippen LogP contribution in [0.15, 0.2) is 65.7 Å². The minimum Gasteiger partial charge on any atom is -0.480 e. The van der Waals surface area contributed by atoms with Gasteiger partial charge in [-0.05, 0) is 56.0 Å². The lowest BCUT2D eigenvalue weighted by molar-refractivity contribution is -0.139. The fourth-order valence-electron chi connectivity index (χ4n) is 5.39. The standard InChI is InChI=1S/C32H38ClN5O8S/c1-20-11-21(2)30(22(3)12-20)47(43,44)37-27(31(40)41)16-36-29(39)19-45-26-13-25(15-35-28-10-9-24(33)14-34-28)38(17-26)32(42)46-18-23-7-5-4-6-8-23/h4-12,14,25-27,37H,13,15-19H2,1-3H3,(H,34,35)(H,36,39)(H,40,41). The average molecular weight is 688 g/mol. The second-order valence-corrected chi connectivity index (χ2v) is 13.4. The average Bonchev–Trinajstić information content (AvgIpc) is 3.43. The molecule has 47 heavy (non-hydrogen) atoms. The van der Waals surface area contributed by atoms with Crippen molar-refractivity contribution in [1.29, 1.82) is 0 Å². The number of sulfonamides is 1. The molecule has 15 heteroatoms. The van der Waals surface area contributed by atoms with Gasteiger partial charge in [-0.3, -0.25) is 9.59 Å². The third-order valence-electron chi connectivity index (χ3n) is 7.48. The van der Waals surface area contributed by atoms with Gasteiger partial charge in [0.2, 0.25) is 15.9 Å². The molecule has 1 aliphatic rings. The second-order valence-electron chi connectivity index (χ2n) is 11.3. The van der Waals surface area contributed by atoms with Crippen LogP contribution in [0.25, 0.3) is 0 Å². The highest BCUT2D eigenvalue weighted by Crippen LogP contribution is 2.24. The molecule has 1 aliphatic heterocycles. The third kappa shape index (κ3) is 10.1. The number of hydrogen-bond acceptors (Lipinski definition) is 9. The number of carbonyl (C=O) groups excluding carboxylic acids is 2. The minimum atomic E-state index is -4.21. The van der Waals surface area contributed by atoms with Crippen LogP contribution >= 0.6 is 11.6 Å². The number of aromatic nitrogens is 1. The molecule has 0 radical (unpaired) electrons. The van der Waals surface area contributed by atoms with Crippen LogP contribution in [0.1, 0.15) is 28.7 Å². The summed E-state index contributed by atoms with van der Waals surface area (Å²) in [7, 11) is -4.21. The van der Waals surface area contributed by atoms with Crippen LogP contribution < -0.4 is 15.4 Å². The molecule has 1 fully saturated rings. The zero-order valence-corrected chi connectivity index (χ0v) is 27.8. The molecule has 3 atom stereocenters. The molecule has 4 rings (SSSR count). The number of anilines is 1. The number of carboxylic acid groups (broad SMARTS) is 1. The van der Waals surface area contributed by atoms with Gasteiger partial charge in [0.15, 0.2) is 0 Å². The highest BCUT2D eigenvalue weighted by Gasteiger charge is 2.37. The van der Waals surface area contributed by atoms with Crippen molar-refractivity contribution in [1.82, 2.24) is 19.9 Å². The van der Waals surface area contributed by atoms with Gasteiger partial charge in [-0.2, -0.15) is 4.72 Å². The number of pyridine rings is 1. The van der Waals surface area contributed by atoms with E-state index in [4.69, 9.17) is 21.1 Å². The topological polar surface area (TPSA) is 176 Å². The number of ether oxygens (including phenoxy) is 2. The normalized spacial score (nSPS) is 16.8. The van der Waals surface area contributed by atoms with Gasteiger partial charge in [0.1, 0.15) is 25.1 Å². The quantitative estimate of drug-likeness (QED) is 0.196. The zero-order valence-electron chi connectivity index (χ0n) is 26.2. The van der Waals surface area contributed by atoms with E-state index in [0.29, 0.717) is 34.9 Å². The molecule has 1 aromatic heterocycles. The molecule has 2 amide bonds. The summed E-state index contributed by atoms with van der Waals surface area (Å²) in [5.74, 6) is -1.54. The van der Waals surface area contributed by atoms with E-state index < -0.39 is 53.3 Å². The fraction of sp³-hybridized carbons (Fsp3) is 0.375. The summed E-state index contributed by atoms with van der Waals surface area (Å²) in [6.45, 7) is 4.70. The number of likely N-dealkylation sites (tertiary alicyclic amines) is 1. The van der Waals surface area contributed by atoms with Crippen molar-refractivity contribution < 1.29 is 37.4 Å². The summed E-state index contributed by atoms with van der Waals surface area (Å²) in [4.78, 5) is 43.4. The van der Waals surface area contributed by atoms with E-state index >= 15 is 0 Å². The Kier molecular flexibility index (Phi) is 12.2. The number of halogens is 1. The Balaban J connectivity index is 1.33. The van der Waals surface area contributed by atoms with Crippen molar-refractivity contribution >= 4 is 45.4 Å². The van der Waals surface area contributed by atoms with Crippen LogP contribution in [0.4, 0.5) is 10.6 Å². The summed E-state index contributed by atoms with van der Waals surface area (Å²) in [5, 5.41) is 15.8. The Labute approximate surface area is 278 Å². The molecule has 1 saturated heterocycles. The van der Waals surface area contributed by atoms with Crippen molar-refractivity contribution in [2.24, 2.45) is 0 Å². The van der Waals surface area contributed by atoms with Gasteiger partial charge >= 0.3 is 12.1 Å². The maximum Gasteiger partial charge on any atom is 0.410 e. The summed E-state index contributed by atoms with van der Waals surface area (Å²) in [5.41, 5.74) is 2.65. The van der Waals surface area contributed by atoms with Crippen molar-refractivity contribution in [3.63, 3.8) is 0 Å². The fourth-order valence-corrected chi connectivity index (χ4v) is 7.15. The molecule has 2 aromatic carbocycles. The number of aliphatic carboxylic acids is 1. The van der Waals surface area contributed by atoms with Gasteiger partial charge in [-0.15, -0.1) is 0 Å². The lowest BCUT2D eigenvalue weighted by Gasteiger charge is -2.24. The second kappa shape index (κ2) is 16.0. The van der Waals surface area contributed by atoms with Crippen LogP contribution in [0.2, 0.25) is 5.02 Å². The largest absolute Gasteiger partial charge is 0.480 e. The number of aryl methyl sites for hydroxylation is 3. The molecule has 252 valence electrons. The molecule has 0 aliphatic carbocycles. The molecular weight excluding hydrogens is 650 g/mol. The predicted molar refractivity (Wildman–Crippen MR) is 175 cm³/mol. The lowest BCUT2D eigenvalue weighted by Crippen LogP contribution is -2.49. The molecule has 13 nitrogen and oxygen atoms in total. The highest BCUT2D eigenvalue weighted by atomic mass is 35.5. The van der Waals surface area contributed by atoms with Crippen molar-refractivity contribution in [3.05, 3.63) is 88.1 Å². The monoisotopic (exact) mass is 687 g/mol. The Morgan fingerprint density at radius 1 is 1.09 bits per heavy atom. The summed E-state index contributed by atoms with van der Waals surface area (Å²) in [6.07, 6.45) is 0.799. The van der Waals surface area contributed by atoms with Gasteiger partial charge < -0.3 is 30.1 Å². The molecule has 0 spiro atoms. The van der Waals surface area contributed by atoms with Crippen molar-refractivity contribution in [2.75, 3.05) is 31.6 Å². The number of carbonyl (C=O) groups is 3. The van der Waals surface area contributed by atoms with Crippen molar-refractivity contribution in [2.45, 2.75) is 56.9 Å². The molecule has 3 unspecified atom stereocenters. The van der Waals surface area contributed by atoms with Gasteiger partial charge in [0.25, 0.3) is 0 Å². The Hall–Kier alpha value is -4.24. The number of benzene rings is 2. The van der Waals surface area contributed by atoms with E-state index in [2.05, 4.69) is 20.3 Å². The molecule has 3 aromatic rings. The maximum atomic E-state index is 13.1. The van der Waals surface area contributed by atoms with E-state index in [0.717, 1.165) is 11.1 Å². The molecular formula is C32H38ClN5O8S. The van der Waals surface area contributed by atoms with Gasteiger partial charge in [0.05, 0.1) is 28.6 Å². The van der Waals surface area contributed by atoms with Crippen molar-refractivity contribution in [3.8, 4) is 0 Å². The highest BCUT2D eigenvalue weighted by molar-refractivity contribution is 7.89. The first kappa shape index (κ1) is 35.6. The summed E-state index contributed by atoms with van der Waals surface area (Å²) < 4.78 is 39.7. The Morgan fingerprint density at radius 2 is 1.79 bits per heavy atom. The first-order valence-electron chi connectivity index (χ1n) is 14.9. The van der Waals surface area contributed by atoms with E-state index in [1.165, 1.54) is 11.1 Å². The van der Waals surface area contributed by atoms with Crippen LogP contribution in [-0.4, -0.2) is 85.8 Å². The number of amides is 2. The van der Waals surface area contributed by atoms with E-state index in [9.17, 15) is 27.9 Å². The number of hydrogen-bond donors (Lipinski definition) is 4. The van der Waals surface area contributed by atoms with Crippen LogP contribution in [-0.2, 0) is 35.7 Å². The smallest absolute Gasteiger partial charge is 0.410 e.